The van der Waals surface area contributed by atoms with Gasteiger partial charge in [0.15, 0.2) is 0 Å². The summed E-state index contributed by atoms with van der Waals surface area (Å²) in [4.78, 5) is 24.9. The van der Waals surface area contributed by atoms with Gasteiger partial charge in [0.2, 0.25) is 0 Å². The summed E-state index contributed by atoms with van der Waals surface area (Å²) in [5.74, 6) is -2.90. The molecule has 0 saturated heterocycles. The molecular formula is C19H20F3NO4. The molecule has 1 N–H and O–H groups in total. The van der Waals surface area contributed by atoms with Crippen LogP contribution in [0, 0.1) is 0 Å². The zero-order valence-electron chi connectivity index (χ0n) is 15.4. The van der Waals surface area contributed by atoms with Gasteiger partial charge in [0.25, 0.3) is 0 Å². The fourth-order valence-electron chi connectivity index (χ4n) is 3.22. The maximum absolute atomic E-state index is 13.6. The summed E-state index contributed by atoms with van der Waals surface area (Å²) < 4.78 is 50.4. The molecule has 146 valence electrons. The molecule has 27 heavy (non-hydrogen) atoms. The molecular weight excluding hydrogens is 363 g/mol. The Morgan fingerprint density at radius 2 is 1.63 bits per heavy atom. The Morgan fingerprint density at radius 1 is 1.07 bits per heavy atom. The smallest absolute Gasteiger partial charge is 0.416 e. The van der Waals surface area contributed by atoms with Crippen LogP contribution in [-0.4, -0.2) is 26.2 Å². The number of ether oxygens (including phenoxy) is 2. The number of rotatable bonds is 4. The van der Waals surface area contributed by atoms with Crippen molar-refractivity contribution in [3.05, 3.63) is 57.9 Å². The first-order valence-corrected chi connectivity index (χ1v) is 8.20. The minimum atomic E-state index is -4.66. The molecule has 0 radical (unpaired) electrons. The lowest BCUT2D eigenvalue weighted by molar-refractivity contribution is -0.140. The standard InChI is InChI=1S/C19H20F3NO4/c1-5-13-16(18(25)27-4)15(14(10(2)23-13)17(24)26-3)11-8-6-7-9-12(11)19(20,21)22/h6-9,15,23H,5H2,1-4H3. The third kappa shape index (κ3) is 3.84. The lowest BCUT2D eigenvalue weighted by Gasteiger charge is -2.32. The summed E-state index contributed by atoms with van der Waals surface area (Å²) in [7, 11) is 2.27. The monoisotopic (exact) mass is 383 g/mol. The Bertz CT molecular complexity index is 824. The highest BCUT2D eigenvalue weighted by molar-refractivity contribution is 6.00. The quantitative estimate of drug-likeness (QED) is 0.804. The molecule has 1 heterocycles. The molecule has 1 aromatic rings. The first kappa shape index (κ1) is 20.5. The van der Waals surface area contributed by atoms with Crippen molar-refractivity contribution in [1.82, 2.24) is 5.32 Å². The second-order valence-electron chi connectivity index (χ2n) is 5.91. The van der Waals surface area contributed by atoms with Gasteiger partial charge in [-0.25, -0.2) is 9.59 Å². The molecule has 1 unspecified atom stereocenters. The number of esters is 2. The number of dihydropyridines is 1. The van der Waals surface area contributed by atoms with Crippen LogP contribution in [0.1, 0.15) is 37.3 Å². The number of carbonyl (C=O) groups excluding carboxylic acids is 2. The van der Waals surface area contributed by atoms with Crippen molar-refractivity contribution >= 4 is 11.9 Å². The highest BCUT2D eigenvalue weighted by Crippen LogP contribution is 2.44. The Hall–Kier alpha value is -2.77. The second kappa shape index (κ2) is 7.85. The van der Waals surface area contributed by atoms with Gasteiger partial charge in [-0.05, 0) is 25.0 Å². The minimum absolute atomic E-state index is 0.0392. The summed E-state index contributed by atoms with van der Waals surface area (Å²) in [6, 6.07) is 4.86. The summed E-state index contributed by atoms with van der Waals surface area (Å²) in [6.45, 7) is 3.30. The number of carbonyl (C=O) groups is 2. The van der Waals surface area contributed by atoms with E-state index in [-0.39, 0.29) is 16.7 Å². The van der Waals surface area contributed by atoms with Crippen molar-refractivity contribution in [2.45, 2.75) is 32.4 Å². The van der Waals surface area contributed by atoms with E-state index < -0.39 is 29.6 Å². The van der Waals surface area contributed by atoms with Crippen LogP contribution in [0.4, 0.5) is 13.2 Å². The normalized spacial score (nSPS) is 17.5. The highest BCUT2D eigenvalue weighted by Gasteiger charge is 2.43. The van der Waals surface area contributed by atoms with Crippen molar-refractivity contribution in [3.63, 3.8) is 0 Å². The van der Waals surface area contributed by atoms with Crippen LogP contribution in [0.2, 0.25) is 0 Å². The first-order valence-electron chi connectivity index (χ1n) is 8.20. The molecule has 0 aromatic heterocycles. The number of alkyl halides is 3. The van der Waals surface area contributed by atoms with Crippen LogP contribution in [0.5, 0.6) is 0 Å². The molecule has 0 aliphatic carbocycles. The van der Waals surface area contributed by atoms with Crippen LogP contribution in [0.25, 0.3) is 0 Å². The van der Waals surface area contributed by atoms with Crippen LogP contribution >= 0.6 is 0 Å². The molecule has 0 bridgehead atoms. The summed E-state index contributed by atoms with van der Waals surface area (Å²) in [6.07, 6.45) is -4.33. The molecule has 1 aliphatic heterocycles. The van der Waals surface area contributed by atoms with Crippen molar-refractivity contribution in [1.29, 1.82) is 0 Å². The van der Waals surface area contributed by atoms with E-state index in [1.165, 1.54) is 18.2 Å². The van der Waals surface area contributed by atoms with Gasteiger partial charge in [-0.3, -0.25) is 0 Å². The van der Waals surface area contributed by atoms with Gasteiger partial charge in [0.1, 0.15) is 0 Å². The maximum atomic E-state index is 13.6. The topological polar surface area (TPSA) is 64.6 Å². The molecule has 0 amide bonds. The summed E-state index contributed by atoms with van der Waals surface area (Å²) >= 11 is 0. The van der Waals surface area contributed by atoms with Crippen LogP contribution in [-0.2, 0) is 25.2 Å². The largest absolute Gasteiger partial charge is 0.466 e. The predicted molar refractivity (Wildman–Crippen MR) is 91.4 cm³/mol. The van der Waals surface area contributed by atoms with E-state index >= 15 is 0 Å². The van der Waals surface area contributed by atoms with E-state index in [0.717, 1.165) is 20.3 Å². The number of allylic oxidation sites excluding steroid dienone is 2. The summed E-state index contributed by atoms with van der Waals surface area (Å²) in [5.41, 5.74) is -0.516. The van der Waals surface area contributed by atoms with Gasteiger partial charge >= 0.3 is 18.1 Å². The minimum Gasteiger partial charge on any atom is -0.466 e. The maximum Gasteiger partial charge on any atom is 0.416 e. The average molecular weight is 383 g/mol. The van der Waals surface area contributed by atoms with Crippen molar-refractivity contribution < 1.29 is 32.2 Å². The van der Waals surface area contributed by atoms with Gasteiger partial charge in [0.05, 0.1) is 36.8 Å². The SMILES string of the molecule is CCC1=C(C(=O)OC)C(c2ccccc2C(F)(F)F)C(C(=O)OC)=C(C)N1. The molecule has 2 rings (SSSR count). The van der Waals surface area contributed by atoms with Crippen LogP contribution < -0.4 is 5.32 Å². The number of benzene rings is 1. The van der Waals surface area contributed by atoms with E-state index in [1.807, 2.05) is 0 Å². The van der Waals surface area contributed by atoms with Crippen molar-refractivity contribution in [2.24, 2.45) is 0 Å². The Kier molecular flexibility index (Phi) is 5.98. The van der Waals surface area contributed by atoms with E-state index in [9.17, 15) is 22.8 Å². The van der Waals surface area contributed by atoms with Gasteiger partial charge in [0, 0.05) is 11.4 Å². The fraction of sp³-hybridized carbons (Fsp3) is 0.368. The van der Waals surface area contributed by atoms with Crippen LogP contribution in [0.3, 0.4) is 0 Å². The lowest BCUT2D eigenvalue weighted by Crippen LogP contribution is -2.33. The molecule has 5 nitrogen and oxygen atoms in total. The zero-order valence-corrected chi connectivity index (χ0v) is 15.4. The first-order chi connectivity index (χ1) is 12.7. The molecule has 0 spiro atoms. The van der Waals surface area contributed by atoms with Gasteiger partial charge < -0.3 is 14.8 Å². The number of methoxy groups -OCH3 is 2. The van der Waals surface area contributed by atoms with Gasteiger partial charge in [-0.2, -0.15) is 13.2 Å². The number of hydrogen-bond acceptors (Lipinski definition) is 5. The van der Waals surface area contributed by atoms with Gasteiger partial charge in [-0.1, -0.05) is 25.1 Å². The third-order valence-corrected chi connectivity index (χ3v) is 4.39. The Morgan fingerprint density at radius 3 is 2.15 bits per heavy atom. The molecule has 8 heteroatoms. The van der Waals surface area contributed by atoms with E-state index in [2.05, 4.69) is 5.32 Å². The molecule has 0 fully saturated rings. The number of nitrogens with one attached hydrogen (secondary N) is 1. The fourth-order valence-corrected chi connectivity index (χ4v) is 3.22. The van der Waals surface area contributed by atoms with Crippen molar-refractivity contribution in [3.8, 4) is 0 Å². The Labute approximate surface area is 154 Å². The average Bonchev–Trinajstić information content (AvgIpc) is 2.65. The molecule has 1 aliphatic rings. The van der Waals surface area contributed by atoms with E-state index in [0.29, 0.717) is 17.8 Å². The van der Waals surface area contributed by atoms with Gasteiger partial charge in [-0.15, -0.1) is 0 Å². The highest BCUT2D eigenvalue weighted by atomic mass is 19.4. The number of halogens is 3. The third-order valence-electron chi connectivity index (χ3n) is 4.39. The predicted octanol–water partition coefficient (Wildman–Crippen LogP) is 3.68. The lowest BCUT2D eigenvalue weighted by atomic mass is 9.78. The summed E-state index contributed by atoms with van der Waals surface area (Å²) in [5, 5.41) is 2.93. The second-order valence-corrected chi connectivity index (χ2v) is 5.91. The van der Waals surface area contributed by atoms with E-state index in [1.54, 1.807) is 13.8 Å². The zero-order chi connectivity index (χ0) is 20.4. The van der Waals surface area contributed by atoms with Crippen LogP contribution in [0.15, 0.2) is 46.8 Å². The molecule has 1 aromatic carbocycles. The Balaban J connectivity index is 2.86. The van der Waals surface area contributed by atoms with E-state index in [4.69, 9.17) is 9.47 Å². The molecule has 0 saturated carbocycles. The number of hydrogen-bond donors (Lipinski definition) is 1. The van der Waals surface area contributed by atoms with Crippen molar-refractivity contribution in [2.75, 3.05) is 14.2 Å². The molecule has 1 atom stereocenters.